The predicted molar refractivity (Wildman–Crippen MR) is 97.2 cm³/mol. The minimum absolute atomic E-state index is 0.0799. The smallest absolute Gasteiger partial charge is 0.303 e. The molecule has 4 heteroatoms. The molecule has 0 bridgehead atoms. The summed E-state index contributed by atoms with van der Waals surface area (Å²) in [5.74, 6) is -0.694. The lowest BCUT2D eigenvalue weighted by Gasteiger charge is -2.16. The maximum Gasteiger partial charge on any atom is 0.303 e. The van der Waals surface area contributed by atoms with Gasteiger partial charge in [-0.3, -0.25) is 4.79 Å². The van der Waals surface area contributed by atoms with Gasteiger partial charge in [0.15, 0.2) is 0 Å². The third kappa shape index (κ3) is 15.0. The second kappa shape index (κ2) is 15.9. The van der Waals surface area contributed by atoms with Crippen LogP contribution in [-0.2, 0) is 4.79 Å². The quantitative estimate of drug-likeness (QED) is 0.246. The van der Waals surface area contributed by atoms with Crippen molar-refractivity contribution in [1.29, 1.82) is 0 Å². The third-order valence-corrected chi connectivity index (χ3v) is 5.27. The van der Waals surface area contributed by atoms with Crippen LogP contribution >= 0.6 is 23.2 Å². The fraction of sp³-hybridized carbons (Fsp3) is 0.944. The van der Waals surface area contributed by atoms with Gasteiger partial charge in [0.25, 0.3) is 0 Å². The summed E-state index contributed by atoms with van der Waals surface area (Å²) in [6.45, 7) is 2.24. The number of unbranched alkanes of at least 4 members (excludes halogenated alkanes) is 9. The van der Waals surface area contributed by atoms with Crippen molar-refractivity contribution in [3.63, 3.8) is 0 Å². The number of aliphatic carboxylic acids is 1. The van der Waals surface area contributed by atoms with Crippen LogP contribution in [0.4, 0.5) is 0 Å². The zero-order valence-corrected chi connectivity index (χ0v) is 15.7. The summed E-state index contributed by atoms with van der Waals surface area (Å²) < 4.78 is 0. The van der Waals surface area contributed by atoms with Gasteiger partial charge < -0.3 is 5.11 Å². The van der Waals surface area contributed by atoms with E-state index in [9.17, 15) is 4.79 Å². The summed E-state index contributed by atoms with van der Waals surface area (Å²) in [4.78, 5) is 10.4. The summed E-state index contributed by atoms with van der Waals surface area (Å²) in [6, 6.07) is 0. The molecule has 0 spiro atoms. The Labute approximate surface area is 147 Å². The molecule has 0 aliphatic heterocycles. The van der Waals surface area contributed by atoms with E-state index in [-0.39, 0.29) is 10.8 Å². The van der Waals surface area contributed by atoms with Gasteiger partial charge >= 0.3 is 5.97 Å². The minimum Gasteiger partial charge on any atom is -0.481 e. The molecule has 0 saturated heterocycles. The fourth-order valence-corrected chi connectivity index (χ4v) is 3.19. The lowest BCUT2D eigenvalue weighted by atomic mass is 10.0. The number of carbonyl (C=O) groups is 1. The molecular weight excluding hydrogens is 319 g/mol. The molecule has 132 valence electrons. The van der Waals surface area contributed by atoms with Gasteiger partial charge in [0.2, 0.25) is 0 Å². The average Bonchev–Trinajstić information content (AvgIpc) is 2.49. The van der Waals surface area contributed by atoms with Crippen molar-refractivity contribution in [2.24, 2.45) is 0 Å². The first-order valence-corrected chi connectivity index (χ1v) is 9.95. The van der Waals surface area contributed by atoms with Gasteiger partial charge in [0.1, 0.15) is 0 Å². The molecular formula is C18H34Cl2O2. The van der Waals surface area contributed by atoms with Gasteiger partial charge in [-0.2, -0.15) is 0 Å². The monoisotopic (exact) mass is 352 g/mol. The number of carboxylic acids is 1. The molecule has 0 rings (SSSR count). The lowest BCUT2D eigenvalue weighted by Crippen LogP contribution is -2.14. The van der Waals surface area contributed by atoms with Gasteiger partial charge in [0.05, 0.1) is 0 Å². The molecule has 1 N–H and O–H groups in total. The molecule has 2 nitrogen and oxygen atoms in total. The number of hydrogen-bond acceptors (Lipinski definition) is 1. The molecule has 0 saturated carbocycles. The van der Waals surface area contributed by atoms with Crippen molar-refractivity contribution >= 4 is 29.2 Å². The van der Waals surface area contributed by atoms with E-state index in [0.717, 1.165) is 44.9 Å². The number of hydrogen-bond donors (Lipinski definition) is 1. The molecule has 0 radical (unpaired) electrons. The summed E-state index contributed by atoms with van der Waals surface area (Å²) in [5.41, 5.74) is 0. The Hall–Kier alpha value is 0.0500. The van der Waals surface area contributed by atoms with Crippen LogP contribution in [0, 0.1) is 0 Å². The highest BCUT2D eigenvalue weighted by Crippen LogP contribution is 2.23. The van der Waals surface area contributed by atoms with E-state index in [2.05, 4.69) is 6.92 Å². The van der Waals surface area contributed by atoms with Gasteiger partial charge in [-0.05, 0) is 19.3 Å². The van der Waals surface area contributed by atoms with E-state index < -0.39 is 5.97 Å². The topological polar surface area (TPSA) is 37.3 Å². The summed E-state index contributed by atoms with van der Waals surface area (Å²) in [5, 5.41) is 8.73. The van der Waals surface area contributed by atoms with Crippen molar-refractivity contribution in [1.82, 2.24) is 0 Å². The fourth-order valence-electron chi connectivity index (χ4n) is 2.63. The first-order chi connectivity index (χ1) is 10.6. The van der Waals surface area contributed by atoms with Crippen LogP contribution in [0.5, 0.6) is 0 Å². The van der Waals surface area contributed by atoms with Gasteiger partial charge in [0, 0.05) is 17.2 Å². The Bertz CT molecular complexity index is 259. The number of rotatable bonds is 16. The highest BCUT2D eigenvalue weighted by Gasteiger charge is 2.15. The van der Waals surface area contributed by atoms with Crippen molar-refractivity contribution in [3.05, 3.63) is 0 Å². The Morgan fingerprint density at radius 1 is 0.773 bits per heavy atom. The SMILES string of the molecule is CCCCCCCCC(Cl)C(Cl)CCCCCCCC(=O)O. The zero-order chi connectivity index (χ0) is 16.6. The molecule has 2 unspecified atom stereocenters. The summed E-state index contributed by atoms with van der Waals surface area (Å²) >= 11 is 12.7. The lowest BCUT2D eigenvalue weighted by molar-refractivity contribution is -0.137. The molecule has 2 atom stereocenters. The normalized spacial score (nSPS) is 14.0. The zero-order valence-electron chi connectivity index (χ0n) is 14.2. The van der Waals surface area contributed by atoms with Crippen LogP contribution in [0.2, 0.25) is 0 Å². The highest BCUT2D eigenvalue weighted by atomic mass is 35.5. The third-order valence-electron chi connectivity index (χ3n) is 4.10. The largest absolute Gasteiger partial charge is 0.481 e. The molecule has 0 fully saturated rings. The van der Waals surface area contributed by atoms with Crippen LogP contribution in [0.15, 0.2) is 0 Å². The van der Waals surface area contributed by atoms with Crippen molar-refractivity contribution < 1.29 is 9.90 Å². The molecule has 0 aliphatic carbocycles. The molecule has 0 aromatic rings. The molecule has 0 aromatic heterocycles. The van der Waals surface area contributed by atoms with E-state index in [4.69, 9.17) is 28.3 Å². The maximum absolute atomic E-state index is 10.4. The first kappa shape index (κ1) is 22.1. The molecule has 0 aromatic carbocycles. The Balaban J connectivity index is 3.38. The van der Waals surface area contributed by atoms with Crippen molar-refractivity contribution in [2.45, 2.75) is 108 Å². The first-order valence-electron chi connectivity index (χ1n) is 9.07. The highest BCUT2D eigenvalue weighted by molar-refractivity contribution is 6.29. The van der Waals surface area contributed by atoms with Gasteiger partial charge in [-0.1, -0.05) is 71.1 Å². The molecule has 0 aliphatic rings. The van der Waals surface area contributed by atoms with E-state index >= 15 is 0 Å². The number of carboxylic acid groups (broad SMARTS) is 1. The van der Waals surface area contributed by atoms with Crippen LogP contribution in [0.25, 0.3) is 0 Å². The number of alkyl halides is 2. The van der Waals surface area contributed by atoms with E-state index in [1.165, 1.54) is 38.5 Å². The second-order valence-electron chi connectivity index (χ2n) is 6.29. The molecule has 0 heterocycles. The van der Waals surface area contributed by atoms with Crippen molar-refractivity contribution in [2.75, 3.05) is 0 Å². The number of halogens is 2. The van der Waals surface area contributed by atoms with Crippen LogP contribution in [0.3, 0.4) is 0 Å². The Kier molecular flexibility index (Phi) is 16.0. The maximum atomic E-state index is 10.4. The van der Waals surface area contributed by atoms with Crippen molar-refractivity contribution in [3.8, 4) is 0 Å². The van der Waals surface area contributed by atoms with Crippen LogP contribution in [0.1, 0.15) is 96.8 Å². The summed E-state index contributed by atoms with van der Waals surface area (Å²) in [6.07, 6.45) is 15.2. The Morgan fingerprint density at radius 3 is 1.64 bits per heavy atom. The standard InChI is InChI=1S/C18H34Cl2O2/c1-2-3-4-5-7-10-13-16(19)17(20)14-11-8-6-9-12-15-18(21)22/h16-17H,2-15H2,1H3,(H,21,22). The van der Waals surface area contributed by atoms with E-state index in [1.54, 1.807) is 0 Å². The van der Waals surface area contributed by atoms with Gasteiger partial charge in [-0.15, -0.1) is 23.2 Å². The predicted octanol–water partition coefficient (Wildman–Crippen LogP) is 6.77. The second-order valence-corrected chi connectivity index (χ2v) is 7.41. The summed E-state index contributed by atoms with van der Waals surface area (Å²) in [7, 11) is 0. The molecule has 22 heavy (non-hydrogen) atoms. The minimum atomic E-state index is -0.694. The average molecular weight is 353 g/mol. The van der Waals surface area contributed by atoms with Gasteiger partial charge in [-0.25, -0.2) is 0 Å². The Morgan fingerprint density at radius 2 is 1.18 bits per heavy atom. The molecule has 0 amide bonds. The van der Waals surface area contributed by atoms with E-state index in [1.807, 2.05) is 0 Å². The van der Waals surface area contributed by atoms with E-state index in [0.29, 0.717) is 6.42 Å². The van der Waals surface area contributed by atoms with Crippen LogP contribution in [-0.4, -0.2) is 21.8 Å². The van der Waals surface area contributed by atoms with Crippen LogP contribution < -0.4 is 0 Å².